The Morgan fingerprint density at radius 2 is 2.11 bits per heavy atom. The maximum absolute atomic E-state index is 13.1. The number of hydrogen-bond acceptors (Lipinski definition) is 2. The lowest BCUT2D eigenvalue weighted by Crippen LogP contribution is -2.56. The van der Waals surface area contributed by atoms with Gasteiger partial charge in [0.1, 0.15) is 5.82 Å². The number of halogens is 1. The quantitative estimate of drug-likeness (QED) is 0.766. The molecule has 1 amide bonds. The molecule has 1 heterocycles. The maximum atomic E-state index is 13.1. The Hall–Kier alpha value is -1.71. The van der Waals surface area contributed by atoms with Crippen LogP contribution >= 0.6 is 0 Å². The van der Waals surface area contributed by atoms with Gasteiger partial charge < -0.3 is 4.90 Å². The van der Waals surface area contributed by atoms with Crippen LogP contribution in [0.1, 0.15) is 37.0 Å². The number of piperidine rings is 1. The van der Waals surface area contributed by atoms with Crippen LogP contribution in [0.4, 0.5) is 4.39 Å². The first-order chi connectivity index (χ1) is 8.43. The summed E-state index contributed by atoms with van der Waals surface area (Å²) >= 11 is 0. The average molecular weight is 249 g/mol. The third-order valence-electron chi connectivity index (χ3n) is 3.46. The van der Waals surface area contributed by atoms with E-state index in [4.69, 9.17) is 0 Å². The van der Waals surface area contributed by atoms with Gasteiger partial charge in [-0.15, -0.1) is 0 Å². The Labute approximate surface area is 106 Å². The standard InChI is InChI=1S/C14H16FNO2/c1-14(2)12(17)7-4-8-16(14)13(18)10-5-3-6-11(15)9-10/h3,5-6,9H,4,7-8H2,1-2H3. The molecular formula is C14H16FNO2. The molecule has 4 heteroatoms. The summed E-state index contributed by atoms with van der Waals surface area (Å²) in [5.74, 6) is -0.673. The summed E-state index contributed by atoms with van der Waals surface area (Å²) in [6.45, 7) is 4.02. The van der Waals surface area contributed by atoms with Crippen molar-refractivity contribution < 1.29 is 14.0 Å². The molecule has 18 heavy (non-hydrogen) atoms. The summed E-state index contributed by atoms with van der Waals surface area (Å²) in [6.07, 6.45) is 1.17. The van der Waals surface area contributed by atoms with E-state index in [1.54, 1.807) is 19.9 Å². The van der Waals surface area contributed by atoms with Crippen LogP contribution in [0.5, 0.6) is 0 Å². The van der Waals surface area contributed by atoms with Gasteiger partial charge in [0.05, 0.1) is 5.54 Å². The van der Waals surface area contributed by atoms with E-state index in [2.05, 4.69) is 0 Å². The van der Waals surface area contributed by atoms with Gasteiger partial charge in [-0.3, -0.25) is 9.59 Å². The van der Waals surface area contributed by atoms with Crippen molar-refractivity contribution >= 4 is 11.7 Å². The number of rotatable bonds is 1. The molecule has 1 aliphatic heterocycles. The van der Waals surface area contributed by atoms with Gasteiger partial charge >= 0.3 is 0 Å². The summed E-state index contributed by atoms with van der Waals surface area (Å²) in [5, 5.41) is 0. The largest absolute Gasteiger partial charge is 0.326 e. The third-order valence-corrected chi connectivity index (χ3v) is 3.46. The number of nitrogens with zero attached hydrogens (tertiary/aromatic N) is 1. The molecular weight excluding hydrogens is 233 g/mol. The Morgan fingerprint density at radius 3 is 2.78 bits per heavy atom. The molecule has 0 N–H and O–H groups in total. The first-order valence-corrected chi connectivity index (χ1v) is 6.04. The molecule has 0 bridgehead atoms. The normalized spacial score (nSPS) is 18.8. The van der Waals surface area contributed by atoms with Crippen molar-refractivity contribution in [3.63, 3.8) is 0 Å². The second kappa shape index (κ2) is 4.52. The fraction of sp³-hybridized carbons (Fsp3) is 0.429. The fourth-order valence-corrected chi connectivity index (χ4v) is 2.27. The first-order valence-electron chi connectivity index (χ1n) is 6.04. The molecule has 1 saturated heterocycles. The van der Waals surface area contributed by atoms with Crippen molar-refractivity contribution in [2.75, 3.05) is 6.54 Å². The minimum absolute atomic E-state index is 0.0542. The van der Waals surface area contributed by atoms with E-state index < -0.39 is 11.4 Å². The molecule has 1 aromatic rings. The molecule has 96 valence electrons. The Kier molecular flexibility index (Phi) is 3.20. The predicted molar refractivity (Wildman–Crippen MR) is 65.8 cm³/mol. The van der Waals surface area contributed by atoms with Crippen LogP contribution in [0.15, 0.2) is 24.3 Å². The monoisotopic (exact) mass is 249 g/mol. The van der Waals surface area contributed by atoms with E-state index in [9.17, 15) is 14.0 Å². The summed E-state index contributed by atoms with van der Waals surface area (Å²) in [4.78, 5) is 25.7. The summed E-state index contributed by atoms with van der Waals surface area (Å²) in [7, 11) is 0. The third kappa shape index (κ3) is 2.15. The predicted octanol–water partition coefficient (Wildman–Crippen LogP) is 2.41. The number of amides is 1. The molecule has 0 atom stereocenters. The minimum atomic E-state index is -0.804. The molecule has 1 aromatic carbocycles. The van der Waals surface area contributed by atoms with Crippen molar-refractivity contribution in [2.24, 2.45) is 0 Å². The van der Waals surface area contributed by atoms with Crippen LogP contribution in [-0.2, 0) is 4.79 Å². The highest BCUT2D eigenvalue weighted by atomic mass is 19.1. The van der Waals surface area contributed by atoms with Crippen molar-refractivity contribution in [1.82, 2.24) is 4.90 Å². The lowest BCUT2D eigenvalue weighted by atomic mass is 9.88. The number of benzene rings is 1. The topological polar surface area (TPSA) is 37.4 Å². The van der Waals surface area contributed by atoms with Crippen molar-refractivity contribution in [2.45, 2.75) is 32.2 Å². The zero-order chi connectivity index (χ0) is 13.3. The molecule has 0 aromatic heterocycles. The number of carbonyl (C=O) groups excluding carboxylic acids is 2. The van der Waals surface area contributed by atoms with Crippen molar-refractivity contribution in [3.8, 4) is 0 Å². The van der Waals surface area contributed by atoms with E-state index in [0.29, 0.717) is 19.4 Å². The number of carbonyl (C=O) groups is 2. The van der Waals surface area contributed by atoms with Crippen LogP contribution in [-0.4, -0.2) is 28.7 Å². The lowest BCUT2D eigenvalue weighted by molar-refractivity contribution is -0.130. The van der Waals surface area contributed by atoms with Crippen molar-refractivity contribution in [1.29, 1.82) is 0 Å². The highest BCUT2D eigenvalue weighted by molar-refractivity contribution is 6.00. The summed E-state index contributed by atoms with van der Waals surface area (Å²) in [5.41, 5.74) is -0.514. The van der Waals surface area contributed by atoms with Gasteiger partial charge in [-0.25, -0.2) is 4.39 Å². The van der Waals surface area contributed by atoms with Gasteiger partial charge in [-0.05, 0) is 38.5 Å². The van der Waals surface area contributed by atoms with Crippen LogP contribution in [0.3, 0.4) is 0 Å². The number of likely N-dealkylation sites (tertiary alicyclic amines) is 1. The summed E-state index contributed by atoms with van der Waals surface area (Å²) < 4.78 is 13.1. The van der Waals surface area contributed by atoms with Gasteiger partial charge in [-0.1, -0.05) is 6.07 Å². The Bertz CT molecular complexity index is 496. The van der Waals surface area contributed by atoms with Crippen molar-refractivity contribution in [3.05, 3.63) is 35.6 Å². The highest BCUT2D eigenvalue weighted by Gasteiger charge is 2.40. The van der Waals surface area contributed by atoms with E-state index in [-0.39, 0.29) is 17.3 Å². The summed E-state index contributed by atoms with van der Waals surface area (Å²) in [6, 6.07) is 5.57. The van der Waals surface area contributed by atoms with E-state index in [1.807, 2.05) is 0 Å². The molecule has 0 saturated carbocycles. The van der Waals surface area contributed by atoms with Gasteiger partial charge in [0.2, 0.25) is 0 Å². The zero-order valence-electron chi connectivity index (χ0n) is 10.6. The molecule has 2 rings (SSSR count). The fourth-order valence-electron chi connectivity index (χ4n) is 2.27. The van der Waals surface area contributed by atoms with Crippen LogP contribution in [0.2, 0.25) is 0 Å². The molecule has 3 nitrogen and oxygen atoms in total. The SMILES string of the molecule is CC1(C)C(=O)CCCN1C(=O)c1cccc(F)c1. The molecule has 0 radical (unpaired) electrons. The maximum Gasteiger partial charge on any atom is 0.254 e. The van der Waals surface area contributed by atoms with Crippen LogP contribution in [0.25, 0.3) is 0 Å². The Balaban J connectivity index is 2.31. The van der Waals surface area contributed by atoms with E-state index in [0.717, 1.165) is 0 Å². The molecule has 0 unspecified atom stereocenters. The smallest absolute Gasteiger partial charge is 0.254 e. The minimum Gasteiger partial charge on any atom is -0.326 e. The van der Waals surface area contributed by atoms with Gasteiger partial charge in [0.25, 0.3) is 5.91 Å². The average Bonchev–Trinajstić information content (AvgIpc) is 2.32. The number of ketones is 1. The van der Waals surface area contributed by atoms with Gasteiger partial charge in [0.15, 0.2) is 5.78 Å². The zero-order valence-corrected chi connectivity index (χ0v) is 10.6. The van der Waals surface area contributed by atoms with E-state index >= 15 is 0 Å². The van der Waals surface area contributed by atoms with Crippen LogP contribution < -0.4 is 0 Å². The van der Waals surface area contributed by atoms with Gasteiger partial charge in [0, 0.05) is 18.5 Å². The number of hydrogen-bond donors (Lipinski definition) is 0. The number of Topliss-reactive ketones (excluding diaryl/α,β-unsaturated/α-hetero) is 1. The van der Waals surface area contributed by atoms with E-state index in [1.165, 1.54) is 23.1 Å². The second-order valence-corrected chi connectivity index (χ2v) is 5.05. The molecule has 1 fully saturated rings. The molecule has 0 aliphatic carbocycles. The Morgan fingerprint density at radius 1 is 1.39 bits per heavy atom. The first kappa shape index (κ1) is 12.7. The van der Waals surface area contributed by atoms with Gasteiger partial charge in [-0.2, -0.15) is 0 Å². The second-order valence-electron chi connectivity index (χ2n) is 5.05. The van der Waals surface area contributed by atoms with Crippen LogP contribution in [0, 0.1) is 5.82 Å². The molecule has 1 aliphatic rings. The lowest BCUT2D eigenvalue weighted by Gasteiger charge is -2.41. The molecule has 0 spiro atoms. The highest BCUT2D eigenvalue weighted by Crippen LogP contribution is 2.26.